The molecule has 3 aromatic rings. The zero-order valence-electron chi connectivity index (χ0n) is 20.1. The minimum atomic E-state index is -4.54. The van der Waals surface area contributed by atoms with Gasteiger partial charge in [0.1, 0.15) is 5.25 Å². The number of amidine groups is 1. The molecule has 1 fully saturated rings. The lowest BCUT2D eigenvalue weighted by Gasteiger charge is -2.32. The molecule has 1 unspecified atom stereocenters. The summed E-state index contributed by atoms with van der Waals surface area (Å²) in [5.41, 5.74) is 1.41. The number of nitrogens with one attached hydrogen (secondary N) is 1. The molecule has 0 spiro atoms. The van der Waals surface area contributed by atoms with E-state index in [0.717, 1.165) is 35.0 Å². The molecule has 1 N–H and O–H groups in total. The maximum atomic E-state index is 13.3. The smallest absolute Gasteiger partial charge is 0.325 e. The molecular formula is C27H22Cl2F3N3O2S. The number of amides is 2. The molecule has 0 radical (unpaired) electrons. The summed E-state index contributed by atoms with van der Waals surface area (Å²) in [6.07, 6.45) is -4.18. The van der Waals surface area contributed by atoms with Crippen molar-refractivity contribution in [1.82, 2.24) is 4.90 Å². The van der Waals surface area contributed by atoms with Crippen LogP contribution in [-0.4, -0.2) is 33.7 Å². The van der Waals surface area contributed by atoms with Crippen molar-refractivity contribution in [2.75, 3.05) is 11.9 Å². The molecule has 0 aromatic heterocycles. The van der Waals surface area contributed by atoms with E-state index in [-0.39, 0.29) is 29.7 Å². The van der Waals surface area contributed by atoms with Gasteiger partial charge in [-0.15, -0.1) is 0 Å². The van der Waals surface area contributed by atoms with Crippen LogP contribution in [0.5, 0.6) is 0 Å². The Balaban J connectivity index is 1.60. The van der Waals surface area contributed by atoms with E-state index in [4.69, 9.17) is 23.2 Å². The molecule has 4 rings (SSSR count). The number of aryl methyl sites for hydroxylation is 1. The van der Waals surface area contributed by atoms with E-state index in [1.54, 1.807) is 30.3 Å². The third kappa shape index (κ3) is 7.09. The average Bonchev–Trinajstić information content (AvgIpc) is 2.86. The zero-order valence-corrected chi connectivity index (χ0v) is 22.4. The van der Waals surface area contributed by atoms with Crippen LogP contribution in [0.4, 0.5) is 24.5 Å². The predicted octanol–water partition coefficient (Wildman–Crippen LogP) is 7.52. The molecule has 198 valence electrons. The maximum absolute atomic E-state index is 13.3. The van der Waals surface area contributed by atoms with Crippen molar-refractivity contribution in [3.8, 4) is 0 Å². The molecule has 1 heterocycles. The summed E-state index contributed by atoms with van der Waals surface area (Å²) in [7, 11) is 0. The summed E-state index contributed by atoms with van der Waals surface area (Å²) >= 11 is 13.1. The Kier molecular flexibility index (Phi) is 8.70. The first-order valence-electron chi connectivity index (χ1n) is 11.5. The Morgan fingerprint density at radius 3 is 2.53 bits per heavy atom. The lowest BCUT2D eigenvalue weighted by Crippen LogP contribution is -2.46. The van der Waals surface area contributed by atoms with Gasteiger partial charge in [-0.05, 0) is 66.9 Å². The third-order valence-corrected chi connectivity index (χ3v) is 7.65. The second-order valence-electron chi connectivity index (χ2n) is 8.63. The summed E-state index contributed by atoms with van der Waals surface area (Å²) in [5, 5.41) is 3.14. The van der Waals surface area contributed by atoms with E-state index in [0.29, 0.717) is 22.2 Å². The fourth-order valence-electron chi connectivity index (χ4n) is 3.71. The van der Waals surface area contributed by atoms with Gasteiger partial charge >= 0.3 is 6.18 Å². The number of carbonyl (C=O) groups excluding carboxylic acids is 2. The Bertz CT molecular complexity index is 1380. The van der Waals surface area contributed by atoms with Crippen molar-refractivity contribution in [2.24, 2.45) is 4.99 Å². The van der Waals surface area contributed by atoms with Crippen LogP contribution in [0.25, 0.3) is 0 Å². The number of thioether (sulfide) groups is 1. The van der Waals surface area contributed by atoms with Crippen LogP contribution < -0.4 is 5.32 Å². The summed E-state index contributed by atoms with van der Waals surface area (Å²) in [4.78, 5) is 32.0. The molecule has 0 saturated carbocycles. The molecule has 2 amide bonds. The van der Waals surface area contributed by atoms with Crippen molar-refractivity contribution in [1.29, 1.82) is 0 Å². The van der Waals surface area contributed by atoms with Gasteiger partial charge in [0, 0.05) is 28.7 Å². The number of hydrogen-bond acceptors (Lipinski definition) is 4. The van der Waals surface area contributed by atoms with E-state index in [9.17, 15) is 22.8 Å². The molecule has 1 saturated heterocycles. The molecule has 38 heavy (non-hydrogen) atoms. The highest BCUT2D eigenvalue weighted by Gasteiger charge is 2.36. The number of alkyl halides is 3. The number of nitrogens with zero attached hydrogens (tertiary/aromatic N) is 2. The standard InChI is InChI=1S/C27H22Cl2F3N3O2S/c1-16-5-10-21(14-22(16)29)33-25(37)23-15-24(36)35(12-11-17-6-8-19(28)9-7-17)26(38-23)34-20-4-2-3-18(13-20)27(30,31)32/h2-10,13-14,23H,11-12,15H2,1H3,(H,33,37). The molecule has 0 aliphatic carbocycles. The van der Waals surface area contributed by atoms with E-state index < -0.39 is 22.9 Å². The number of benzene rings is 3. The number of aliphatic imine (C=N–C) groups is 1. The quantitative estimate of drug-likeness (QED) is 0.328. The highest BCUT2D eigenvalue weighted by molar-refractivity contribution is 8.15. The highest BCUT2D eigenvalue weighted by Crippen LogP contribution is 2.34. The topological polar surface area (TPSA) is 61.8 Å². The van der Waals surface area contributed by atoms with Crippen molar-refractivity contribution in [2.45, 2.75) is 31.2 Å². The summed E-state index contributed by atoms with van der Waals surface area (Å²) in [5.74, 6) is -0.789. The van der Waals surface area contributed by atoms with E-state index in [2.05, 4.69) is 10.3 Å². The lowest BCUT2D eigenvalue weighted by molar-refractivity contribution is -0.137. The Hall–Kier alpha value is -3.01. The molecule has 5 nitrogen and oxygen atoms in total. The van der Waals surface area contributed by atoms with Gasteiger partial charge in [0.05, 0.1) is 11.3 Å². The number of rotatable bonds is 6. The van der Waals surface area contributed by atoms with Crippen LogP contribution in [-0.2, 0) is 22.2 Å². The van der Waals surface area contributed by atoms with Crippen molar-refractivity contribution in [3.05, 3.63) is 93.5 Å². The van der Waals surface area contributed by atoms with Gasteiger partial charge in [0.15, 0.2) is 5.17 Å². The van der Waals surface area contributed by atoms with Crippen LogP contribution in [0.3, 0.4) is 0 Å². The Morgan fingerprint density at radius 1 is 1.11 bits per heavy atom. The molecule has 1 aliphatic rings. The normalized spacial score (nSPS) is 17.1. The molecule has 3 aromatic carbocycles. The first-order chi connectivity index (χ1) is 18.0. The van der Waals surface area contributed by atoms with Gasteiger partial charge in [0.2, 0.25) is 11.8 Å². The molecule has 11 heteroatoms. The third-order valence-electron chi connectivity index (χ3n) is 5.81. The van der Waals surface area contributed by atoms with Gasteiger partial charge in [0.25, 0.3) is 0 Å². The zero-order chi connectivity index (χ0) is 27.4. The van der Waals surface area contributed by atoms with E-state index in [1.807, 2.05) is 19.1 Å². The fourth-order valence-corrected chi connectivity index (χ4v) is 5.14. The monoisotopic (exact) mass is 579 g/mol. The molecule has 0 bridgehead atoms. The molecule has 1 aliphatic heterocycles. The van der Waals surface area contributed by atoms with Crippen LogP contribution in [0.2, 0.25) is 10.0 Å². The summed E-state index contributed by atoms with van der Waals surface area (Å²) < 4.78 is 39.8. The number of halogens is 5. The van der Waals surface area contributed by atoms with Crippen LogP contribution >= 0.6 is 35.0 Å². The number of carbonyl (C=O) groups is 2. The minimum Gasteiger partial charge on any atom is -0.325 e. The van der Waals surface area contributed by atoms with Crippen LogP contribution in [0, 0.1) is 6.92 Å². The highest BCUT2D eigenvalue weighted by atomic mass is 35.5. The largest absolute Gasteiger partial charge is 0.416 e. The van der Waals surface area contributed by atoms with Gasteiger partial charge in [-0.25, -0.2) is 4.99 Å². The predicted molar refractivity (Wildman–Crippen MR) is 146 cm³/mol. The van der Waals surface area contributed by atoms with Gasteiger partial charge < -0.3 is 5.32 Å². The van der Waals surface area contributed by atoms with E-state index in [1.165, 1.54) is 17.0 Å². The molecule has 1 atom stereocenters. The lowest BCUT2D eigenvalue weighted by atomic mass is 10.1. The number of anilines is 1. The van der Waals surface area contributed by atoms with Gasteiger partial charge in [-0.3, -0.25) is 14.5 Å². The first kappa shape index (κ1) is 28.0. The van der Waals surface area contributed by atoms with Gasteiger partial charge in [-0.2, -0.15) is 13.2 Å². The second kappa shape index (κ2) is 11.8. The summed E-state index contributed by atoms with van der Waals surface area (Å²) in [6, 6.07) is 16.7. The second-order valence-corrected chi connectivity index (χ2v) is 10.6. The average molecular weight is 580 g/mol. The van der Waals surface area contributed by atoms with Crippen molar-refractivity contribution in [3.63, 3.8) is 0 Å². The maximum Gasteiger partial charge on any atom is 0.416 e. The fraction of sp³-hybridized carbons (Fsp3) is 0.222. The Morgan fingerprint density at radius 2 is 1.84 bits per heavy atom. The van der Waals surface area contributed by atoms with Crippen molar-refractivity contribution < 1.29 is 22.8 Å². The van der Waals surface area contributed by atoms with E-state index >= 15 is 0 Å². The Labute approximate surface area is 232 Å². The minimum absolute atomic E-state index is 0.0259. The molecular weight excluding hydrogens is 558 g/mol. The van der Waals surface area contributed by atoms with Crippen LogP contribution in [0.15, 0.2) is 71.7 Å². The number of hydrogen-bond donors (Lipinski definition) is 1. The van der Waals surface area contributed by atoms with Gasteiger partial charge in [-0.1, -0.05) is 59.2 Å². The summed E-state index contributed by atoms with van der Waals surface area (Å²) in [6.45, 7) is 2.06. The van der Waals surface area contributed by atoms with Crippen LogP contribution in [0.1, 0.15) is 23.1 Å². The first-order valence-corrected chi connectivity index (χ1v) is 13.2. The van der Waals surface area contributed by atoms with Crippen molar-refractivity contribution >= 4 is 63.3 Å². The SMILES string of the molecule is Cc1ccc(NC(=O)C2CC(=O)N(CCc3ccc(Cl)cc3)C(=Nc3cccc(C(F)(F)F)c3)S2)cc1Cl.